The van der Waals surface area contributed by atoms with Crippen LogP contribution < -0.4 is 5.32 Å². The van der Waals surface area contributed by atoms with Crippen LogP contribution in [0.1, 0.15) is 13.3 Å². The Kier molecular flexibility index (Phi) is 9.77. The summed E-state index contributed by atoms with van der Waals surface area (Å²) in [4.78, 5) is 0. The van der Waals surface area contributed by atoms with Gasteiger partial charge in [0.2, 0.25) is 0 Å². The summed E-state index contributed by atoms with van der Waals surface area (Å²) in [5.41, 5.74) is 0. The van der Waals surface area contributed by atoms with Crippen LogP contribution in [0.5, 0.6) is 0 Å². The Bertz CT molecular complexity index is 61.1. The monoisotopic (exact) mass is 161 g/mol. The summed E-state index contributed by atoms with van der Waals surface area (Å²) in [5.74, 6) is 0. The first-order chi connectivity index (χ1) is 5.41. The summed E-state index contributed by atoms with van der Waals surface area (Å²) >= 11 is 0. The molecule has 0 amide bonds. The minimum Gasteiger partial charge on any atom is -0.382 e. The van der Waals surface area contributed by atoms with E-state index in [0.717, 1.165) is 39.4 Å². The molecule has 0 bridgehead atoms. The summed E-state index contributed by atoms with van der Waals surface area (Å²) < 4.78 is 10.4. The van der Waals surface area contributed by atoms with Crippen molar-refractivity contribution in [1.82, 2.24) is 5.32 Å². The fourth-order valence-corrected chi connectivity index (χ4v) is 0.684. The van der Waals surface area contributed by atoms with Gasteiger partial charge in [0.15, 0.2) is 0 Å². The molecule has 0 fully saturated rings. The summed E-state index contributed by atoms with van der Waals surface area (Å²) in [6.07, 6.45) is 0.998. The average Bonchev–Trinajstić information content (AvgIpc) is 2.03. The van der Waals surface area contributed by atoms with Gasteiger partial charge in [-0.3, -0.25) is 0 Å². The highest BCUT2D eigenvalue weighted by Gasteiger charge is 1.87. The van der Waals surface area contributed by atoms with Crippen LogP contribution in [-0.4, -0.2) is 40.0 Å². The first kappa shape index (κ1) is 10.9. The van der Waals surface area contributed by atoms with E-state index in [1.165, 1.54) is 0 Å². The third kappa shape index (κ3) is 9.88. The molecule has 0 unspecified atom stereocenters. The molecule has 0 atom stereocenters. The van der Waals surface area contributed by atoms with E-state index in [4.69, 9.17) is 9.47 Å². The Hall–Kier alpha value is -0.120. The SMILES string of the molecule is CCOCCCOCCNC. The van der Waals surface area contributed by atoms with Crippen LogP contribution in [0, 0.1) is 0 Å². The van der Waals surface area contributed by atoms with Gasteiger partial charge in [0.25, 0.3) is 0 Å². The zero-order valence-corrected chi connectivity index (χ0v) is 7.56. The normalized spacial score (nSPS) is 10.4. The second-order valence-electron chi connectivity index (χ2n) is 2.27. The maximum absolute atomic E-state index is 5.28. The molecule has 0 aliphatic heterocycles. The summed E-state index contributed by atoms with van der Waals surface area (Å²) in [5, 5.41) is 3.01. The van der Waals surface area contributed by atoms with E-state index in [9.17, 15) is 0 Å². The molecule has 3 heteroatoms. The van der Waals surface area contributed by atoms with Gasteiger partial charge in [-0.15, -0.1) is 0 Å². The van der Waals surface area contributed by atoms with Crippen LogP contribution in [0.25, 0.3) is 0 Å². The highest BCUT2D eigenvalue weighted by molar-refractivity contribution is 4.37. The van der Waals surface area contributed by atoms with E-state index in [0.29, 0.717) is 0 Å². The molecule has 0 aliphatic carbocycles. The first-order valence-corrected chi connectivity index (χ1v) is 4.22. The van der Waals surface area contributed by atoms with E-state index in [-0.39, 0.29) is 0 Å². The van der Waals surface area contributed by atoms with Crippen molar-refractivity contribution >= 4 is 0 Å². The predicted molar refractivity (Wildman–Crippen MR) is 45.9 cm³/mol. The molecule has 3 nitrogen and oxygen atoms in total. The van der Waals surface area contributed by atoms with Gasteiger partial charge in [-0.2, -0.15) is 0 Å². The topological polar surface area (TPSA) is 30.5 Å². The summed E-state index contributed by atoms with van der Waals surface area (Å²) in [6, 6.07) is 0. The Morgan fingerprint density at radius 2 is 1.82 bits per heavy atom. The molecule has 0 aromatic carbocycles. The first-order valence-electron chi connectivity index (χ1n) is 4.22. The van der Waals surface area contributed by atoms with Crippen molar-refractivity contribution in [3.63, 3.8) is 0 Å². The standard InChI is InChI=1S/C8H19NO2/c1-3-10-6-4-7-11-8-5-9-2/h9H,3-8H2,1-2H3. The van der Waals surface area contributed by atoms with Gasteiger partial charge in [0, 0.05) is 26.4 Å². The fraction of sp³-hybridized carbons (Fsp3) is 1.00. The van der Waals surface area contributed by atoms with Crippen molar-refractivity contribution in [1.29, 1.82) is 0 Å². The zero-order chi connectivity index (χ0) is 8.36. The van der Waals surface area contributed by atoms with Gasteiger partial charge < -0.3 is 14.8 Å². The Morgan fingerprint density at radius 3 is 2.45 bits per heavy atom. The van der Waals surface area contributed by atoms with Crippen LogP contribution >= 0.6 is 0 Å². The third-order valence-corrected chi connectivity index (χ3v) is 1.28. The predicted octanol–water partition coefficient (Wildman–Crippen LogP) is 0.649. The van der Waals surface area contributed by atoms with Crippen molar-refractivity contribution in [2.75, 3.05) is 40.0 Å². The van der Waals surface area contributed by atoms with E-state index in [2.05, 4.69) is 5.32 Å². The highest BCUT2D eigenvalue weighted by Crippen LogP contribution is 1.83. The molecule has 0 saturated heterocycles. The molecule has 0 saturated carbocycles. The van der Waals surface area contributed by atoms with Crippen molar-refractivity contribution in [2.45, 2.75) is 13.3 Å². The average molecular weight is 161 g/mol. The molecule has 0 aromatic heterocycles. The van der Waals surface area contributed by atoms with Gasteiger partial charge in [0.05, 0.1) is 6.61 Å². The van der Waals surface area contributed by atoms with E-state index < -0.39 is 0 Å². The molecule has 0 radical (unpaired) electrons. The quantitative estimate of drug-likeness (QED) is 0.530. The van der Waals surface area contributed by atoms with Gasteiger partial charge in [-0.05, 0) is 20.4 Å². The molecule has 0 heterocycles. The minimum atomic E-state index is 0.794. The fourth-order valence-electron chi connectivity index (χ4n) is 0.684. The van der Waals surface area contributed by atoms with E-state index in [1.807, 2.05) is 14.0 Å². The summed E-state index contributed by atoms with van der Waals surface area (Å²) in [7, 11) is 1.92. The molecule has 0 aliphatic rings. The highest BCUT2D eigenvalue weighted by atomic mass is 16.5. The van der Waals surface area contributed by atoms with Crippen LogP contribution in [0.4, 0.5) is 0 Å². The molecule has 0 spiro atoms. The zero-order valence-electron chi connectivity index (χ0n) is 7.56. The lowest BCUT2D eigenvalue weighted by atomic mass is 10.5. The van der Waals surface area contributed by atoms with Gasteiger partial charge >= 0.3 is 0 Å². The second-order valence-corrected chi connectivity index (χ2v) is 2.27. The lowest BCUT2D eigenvalue weighted by molar-refractivity contribution is 0.0896. The molecule has 0 aromatic rings. The number of nitrogens with one attached hydrogen (secondary N) is 1. The van der Waals surface area contributed by atoms with Crippen molar-refractivity contribution in [3.05, 3.63) is 0 Å². The second kappa shape index (κ2) is 9.88. The number of hydrogen-bond donors (Lipinski definition) is 1. The number of likely N-dealkylation sites (N-methyl/N-ethyl adjacent to an activating group) is 1. The van der Waals surface area contributed by atoms with Crippen LogP contribution in [0.3, 0.4) is 0 Å². The molecular formula is C8H19NO2. The lowest BCUT2D eigenvalue weighted by Crippen LogP contribution is -2.15. The van der Waals surface area contributed by atoms with Gasteiger partial charge in [-0.25, -0.2) is 0 Å². The summed E-state index contributed by atoms with van der Waals surface area (Å²) in [6.45, 7) is 6.15. The number of ether oxygens (including phenoxy) is 2. The smallest absolute Gasteiger partial charge is 0.0590 e. The van der Waals surface area contributed by atoms with Crippen molar-refractivity contribution in [2.24, 2.45) is 0 Å². The Balaban J connectivity index is 2.69. The largest absolute Gasteiger partial charge is 0.382 e. The Labute approximate surface area is 69.1 Å². The van der Waals surface area contributed by atoms with E-state index in [1.54, 1.807) is 0 Å². The number of hydrogen-bond acceptors (Lipinski definition) is 3. The molecule has 68 valence electrons. The van der Waals surface area contributed by atoms with Crippen LogP contribution in [-0.2, 0) is 9.47 Å². The van der Waals surface area contributed by atoms with Crippen molar-refractivity contribution < 1.29 is 9.47 Å². The van der Waals surface area contributed by atoms with Crippen molar-refractivity contribution in [3.8, 4) is 0 Å². The number of rotatable bonds is 8. The van der Waals surface area contributed by atoms with Gasteiger partial charge in [-0.1, -0.05) is 0 Å². The third-order valence-electron chi connectivity index (χ3n) is 1.28. The van der Waals surface area contributed by atoms with Crippen LogP contribution in [0.2, 0.25) is 0 Å². The molecular weight excluding hydrogens is 142 g/mol. The lowest BCUT2D eigenvalue weighted by Gasteiger charge is -2.03. The molecule has 11 heavy (non-hydrogen) atoms. The Morgan fingerprint density at radius 1 is 1.09 bits per heavy atom. The van der Waals surface area contributed by atoms with E-state index >= 15 is 0 Å². The molecule has 1 N–H and O–H groups in total. The van der Waals surface area contributed by atoms with Crippen LogP contribution in [0.15, 0.2) is 0 Å². The maximum atomic E-state index is 5.28. The maximum Gasteiger partial charge on any atom is 0.0590 e. The molecule has 0 rings (SSSR count). The van der Waals surface area contributed by atoms with Gasteiger partial charge in [0.1, 0.15) is 0 Å². The minimum absolute atomic E-state index is 0.794.